The van der Waals surface area contributed by atoms with Gasteiger partial charge in [0.15, 0.2) is 0 Å². The van der Waals surface area contributed by atoms with Gasteiger partial charge in [0.25, 0.3) is 0 Å². The van der Waals surface area contributed by atoms with Gasteiger partial charge in [-0.1, -0.05) is 17.7 Å². The van der Waals surface area contributed by atoms with E-state index in [0.717, 1.165) is 17.7 Å². The van der Waals surface area contributed by atoms with Crippen molar-refractivity contribution in [2.75, 3.05) is 18.0 Å². The molecule has 18 heavy (non-hydrogen) atoms. The molecule has 2 N–H and O–H groups in total. The van der Waals surface area contributed by atoms with E-state index in [1.165, 1.54) is 0 Å². The quantitative estimate of drug-likeness (QED) is 0.879. The van der Waals surface area contributed by atoms with E-state index >= 15 is 0 Å². The summed E-state index contributed by atoms with van der Waals surface area (Å²) in [6.07, 6.45) is 0.709. The van der Waals surface area contributed by atoms with Gasteiger partial charge in [0.05, 0.1) is 12.1 Å². The third-order valence-corrected chi connectivity index (χ3v) is 3.04. The molecule has 0 radical (unpaired) electrons. The lowest BCUT2D eigenvalue weighted by Gasteiger charge is -2.17. The minimum absolute atomic E-state index is 0.0814. The van der Waals surface area contributed by atoms with E-state index < -0.39 is 5.97 Å². The van der Waals surface area contributed by atoms with Crippen molar-refractivity contribution in [3.05, 3.63) is 28.8 Å². The van der Waals surface area contributed by atoms with E-state index in [0.29, 0.717) is 11.6 Å². The molecule has 1 heterocycles. The number of urea groups is 1. The number of aliphatic carboxylic acids is 1. The number of hydrogen-bond donors (Lipinski definition) is 2. The maximum atomic E-state index is 11.9. The summed E-state index contributed by atoms with van der Waals surface area (Å²) >= 11 is 5.90. The highest BCUT2D eigenvalue weighted by molar-refractivity contribution is 6.31. The molecular formula is C12H13ClN2O3. The molecule has 5 nitrogen and oxygen atoms in total. The van der Waals surface area contributed by atoms with Crippen LogP contribution >= 0.6 is 11.6 Å². The number of hydrogen-bond acceptors (Lipinski definition) is 2. The SMILES string of the molecule is O=C(O)CCNC(=O)N1CCc2ccc(Cl)cc21. The van der Waals surface area contributed by atoms with Crippen LogP contribution in [0.1, 0.15) is 12.0 Å². The molecule has 0 unspecified atom stereocenters. The van der Waals surface area contributed by atoms with E-state index in [1.54, 1.807) is 17.0 Å². The zero-order valence-corrected chi connectivity index (χ0v) is 10.4. The number of carbonyl (C=O) groups is 2. The van der Waals surface area contributed by atoms with Crippen LogP contribution < -0.4 is 10.2 Å². The maximum absolute atomic E-state index is 11.9. The first-order valence-electron chi connectivity index (χ1n) is 5.63. The van der Waals surface area contributed by atoms with Gasteiger partial charge in [-0.15, -0.1) is 0 Å². The van der Waals surface area contributed by atoms with Crippen LogP contribution in [0.5, 0.6) is 0 Å². The van der Waals surface area contributed by atoms with Crippen LogP contribution in [0.25, 0.3) is 0 Å². The highest BCUT2D eigenvalue weighted by Gasteiger charge is 2.24. The van der Waals surface area contributed by atoms with Crippen molar-refractivity contribution >= 4 is 29.3 Å². The fourth-order valence-electron chi connectivity index (χ4n) is 1.94. The van der Waals surface area contributed by atoms with Crippen LogP contribution in [0, 0.1) is 0 Å². The average Bonchev–Trinajstić information content (AvgIpc) is 2.71. The van der Waals surface area contributed by atoms with Crippen molar-refractivity contribution in [1.29, 1.82) is 0 Å². The van der Waals surface area contributed by atoms with Crippen LogP contribution in [-0.2, 0) is 11.2 Å². The van der Waals surface area contributed by atoms with E-state index in [1.807, 2.05) is 6.07 Å². The summed E-state index contributed by atoms with van der Waals surface area (Å²) in [6, 6.07) is 5.17. The van der Waals surface area contributed by atoms with E-state index in [9.17, 15) is 9.59 Å². The van der Waals surface area contributed by atoms with Gasteiger partial charge in [0.1, 0.15) is 0 Å². The molecule has 0 bridgehead atoms. The summed E-state index contributed by atoms with van der Waals surface area (Å²) in [4.78, 5) is 23.8. The number of fused-ring (bicyclic) bond motifs is 1. The molecule has 2 rings (SSSR count). The summed E-state index contributed by atoms with van der Waals surface area (Å²) in [5.41, 5.74) is 1.88. The van der Waals surface area contributed by atoms with Crippen molar-refractivity contribution in [3.8, 4) is 0 Å². The minimum Gasteiger partial charge on any atom is -0.481 e. The number of nitrogens with zero attached hydrogens (tertiary/aromatic N) is 1. The standard InChI is InChI=1S/C12H13ClN2O3/c13-9-2-1-8-4-6-15(10(8)7-9)12(18)14-5-3-11(16)17/h1-2,7H,3-6H2,(H,14,18)(H,16,17). The summed E-state index contributed by atoms with van der Waals surface area (Å²) in [5, 5.41) is 11.7. The van der Waals surface area contributed by atoms with Gasteiger partial charge in [-0.25, -0.2) is 4.79 Å². The fraction of sp³-hybridized carbons (Fsp3) is 0.333. The predicted molar refractivity (Wildman–Crippen MR) is 68.2 cm³/mol. The Morgan fingerprint density at radius 3 is 2.94 bits per heavy atom. The Hall–Kier alpha value is -1.75. The second kappa shape index (κ2) is 5.27. The molecule has 1 aliphatic heterocycles. The molecular weight excluding hydrogens is 256 g/mol. The van der Waals surface area contributed by atoms with Crippen molar-refractivity contribution in [2.24, 2.45) is 0 Å². The summed E-state index contributed by atoms with van der Waals surface area (Å²) in [7, 11) is 0. The molecule has 0 saturated carbocycles. The molecule has 1 aromatic rings. The van der Waals surface area contributed by atoms with Gasteiger partial charge in [0.2, 0.25) is 0 Å². The molecule has 1 aromatic carbocycles. The Labute approximate surface area is 109 Å². The molecule has 96 valence electrons. The van der Waals surface area contributed by atoms with Crippen LogP contribution in [0.15, 0.2) is 18.2 Å². The number of rotatable bonds is 3. The minimum atomic E-state index is -0.930. The number of carboxylic acids is 1. The smallest absolute Gasteiger partial charge is 0.321 e. The molecule has 0 spiro atoms. The van der Waals surface area contributed by atoms with E-state index in [-0.39, 0.29) is 19.0 Å². The highest BCUT2D eigenvalue weighted by Crippen LogP contribution is 2.30. The topological polar surface area (TPSA) is 69.6 Å². The number of amides is 2. The predicted octanol–water partition coefficient (Wildman–Crippen LogP) is 1.89. The van der Waals surface area contributed by atoms with Gasteiger partial charge < -0.3 is 10.4 Å². The van der Waals surface area contributed by atoms with Crippen molar-refractivity contribution in [1.82, 2.24) is 5.32 Å². The lowest BCUT2D eigenvalue weighted by atomic mass is 10.2. The van der Waals surface area contributed by atoms with Crippen LogP contribution in [0.4, 0.5) is 10.5 Å². The fourth-order valence-corrected chi connectivity index (χ4v) is 2.10. The zero-order valence-electron chi connectivity index (χ0n) is 9.65. The molecule has 6 heteroatoms. The van der Waals surface area contributed by atoms with Crippen LogP contribution in [0.3, 0.4) is 0 Å². The number of halogens is 1. The molecule has 0 saturated heterocycles. The number of carbonyl (C=O) groups excluding carboxylic acids is 1. The summed E-state index contributed by atoms with van der Waals surface area (Å²) < 4.78 is 0. The van der Waals surface area contributed by atoms with Crippen molar-refractivity contribution < 1.29 is 14.7 Å². The molecule has 2 amide bonds. The Morgan fingerprint density at radius 1 is 1.44 bits per heavy atom. The third kappa shape index (κ3) is 2.73. The lowest BCUT2D eigenvalue weighted by Crippen LogP contribution is -2.39. The van der Waals surface area contributed by atoms with Crippen LogP contribution in [0.2, 0.25) is 5.02 Å². The number of benzene rings is 1. The lowest BCUT2D eigenvalue weighted by molar-refractivity contribution is -0.136. The first-order chi connectivity index (χ1) is 8.58. The van der Waals surface area contributed by atoms with Gasteiger partial charge in [0, 0.05) is 18.1 Å². The van der Waals surface area contributed by atoms with E-state index in [4.69, 9.17) is 16.7 Å². The number of carboxylic acid groups (broad SMARTS) is 1. The zero-order chi connectivity index (χ0) is 13.1. The molecule has 0 aliphatic carbocycles. The normalized spacial score (nSPS) is 13.3. The van der Waals surface area contributed by atoms with Crippen molar-refractivity contribution in [2.45, 2.75) is 12.8 Å². The molecule has 1 aliphatic rings. The maximum Gasteiger partial charge on any atom is 0.321 e. The highest BCUT2D eigenvalue weighted by atomic mass is 35.5. The first kappa shape index (κ1) is 12.7. The number of nitrogens with one attached hydrogen (secondary N) is 1. The molecule has 0 atom stereocenters. The van der Waals surface area contributed by atoms with Crippen molar-refractivity contribution in [3.63, 3.8) is 0 Å². The van der Waals surface area contributed by atoms with Gasteiger partial charge in [-0.2, -0.15) is 0 Å². The third-order valence-electron chi connectivity index (χ3n) is 2.80. The molecule has 0 fully saturated rings. The molecule has 0 aromatic heterocycles. The second-order valence-electron chi connectivity index (χ2n) is 4.05. The summed E-state index contributed by atoms with van der Waals surface area (Å²) in [6.45, 7) is 0.717. The monoisotopic (exact) mass is 268 g/mol. The van der Waals surface area contributed by atoms with Crippen LogP contribution in [-0.4, -0.2) is 30.2 Å². The van der Waals surface area contributed by atoms with E-state index in [2.05, 4.69) is 5.32 Å². The largest absolute Gasteiger partial charge is 0.481 e. The second-order valence-corrected chi connectivity index (χ2v) is 4.49. The Balaban J connectivity index is 2.02. The Morgan fingerprint density at radius 2 is 2.22 bits per heavy atom. The van der Waals surface area contributed by atoms with Gasteiger partial charge >= 0.3 is 12.0 Å². The first-order valence-corrected chi connectivity index (χ1v) is 6.01. The Kier molecular flexibility index (Phi) is 3.72. The van der Waals surface area contributed by atoms with Gasteiger partial charge in [-0.3, -0.25) is 9.69 Å². The Bertz CT molecular complexity index is 490. The summed E-state index contributed by atoms with van der Waals surface area (Å²) in [5.74, 6) is -0.930. The van der Waals surface area contributed by atoms with Gasteiger partial charge in [-0.05, 0) is 24.1 Å². The number of anilines is 1. The average molecular weight is 269 g/mol.